The molecule has 0 aromatic heterocycles. The van der Waals surface area contributed by atoms with Gasteiger partial charge in [0.25, 0.3) is 0 Å². The van der Waals surface area contributed by atoms with Gasteiger partial charge in [-0.2, -0.15) is 0 Å². The molecule has 0 radical (unpaired) electrons. The third-order valence-electron chi connectivity index (χ3n) is 16.2. The molecule has 3 amide bonds. The summed E-state index contributed by atoms with van der Waals surface area (Å²) >= 11 is 44.8. The van der Waals surface area contributed by atoms with Gasteiger partial charge in [0, 0.05) is 128 Å². The summed E-state index contributed by atoms with van der Waals surface area (Å²) in [5.41, 5.74) is 19.3. The number of halogens is 16. The van der Waals surface area contributed by atoms with Gasteiger partial charge in [0.1, 0.15) is 16.7 Å². The molecular formula is C82H111Br7Cl2I7N6NaO10PV2+2. The summed E-state index contributed by atoms with van der Waals surface area (Å²) in [4.78, 5) is 56.4. The first-order valence-corrected chi connectivity index (χ1v) is 74.7. The molecule has 2 atom stereocenters. The summed E-state index contributed by atoms with van der Waals surface area (Å²) in [6, 6.07) is 50.2. The van der Waals surface area contributed by atoms with Crippen LogP contribution in [0.15, 0.2) is 158 Å². The maximum atomic E-state index is 11.5. The topological polar surface area (TPSA) is 215 Å². The van der Waals surface area contributed by atoms with E-state index >= 15 is 0 Å². The van der Waals surface area contributed by atoms with E-state index in [1.165, 1.54) is 102 Å². The summed E-state index contributed by atoms with van der Waals surface area (Å²) in [5.74, 6) is 0.113. The monoisotopic (exact) mass is 3010 g/mol. The van der Waals surface area contributed by atoms with Crippen LogP contribution in [0.25, 0.3) is 6.08 Å². The number of alkyl halides is 6. The van der Waals surface area contributed by atoms with Gasteiger partial charge in [-0.25, -0.2) is 0 Å². The number of ether oxygens (including phenoxy) is 2. The normalized spacial score (nSPS) is 12.9. The van der Waals surface area contributed by atoms with Gasteiger partial charge < -0.3 is 37.1 Å². The van der Waals surface area contributed by atoms with Crippen LogP contribution in [-0.4, -0.2) is 101 Å². The molecular weight excluding hydrogens is 2900 g/mol. The van der Waals surface area contributed by atoms with Crippen LogP contribution in [0.2, 0.25) is 0 Å². The number of rotatable bonds is 22. The van der Waals surface area contributed by atoms with Crippen LogP contribution in [0.4, 0.5) is 17.1 Å². The summed E-state index contributed by atoms with van der Waals surface area (Å²) < 4.78 is 27.4. The van der Waals surface area contributed by atoms with Crippen molar-refractivity contribution in [1.29, 1.82) is 0 Å². The second-order valence-electron chi connectivity index (χ2n) is 23.8. The van der Waals surface area contributed by atoms with E-state index in [2.05, 4.69) is 353 Å². The Morgan fingerprint density at radius 2 is 1.01 bits per heavy atom. The molecule has 36 heteroatoms. The minimum absolute atomic E-state index is 0. The number of anilines is 3. The predicted octanol–water partition coefficient (Wildman–Crippen LogP) is 27.0. The Bertz CT molecular complexity index is 3880. The first-order valence-electron chi connectivity index (χ1n) is 35.6. The summed E-state index contributed by atoms with van der Waals surface area (Å²) in [6.45, 7) is 17.1. The maximum absolute atomic E-state index is 11.5. The Morgan fingerprint density at radius 1 is 0.610 bits per heavy atom. The molecule has 12 rings (SSSR count). The van der Waals surface area contributed by atoms with Crippen molar-refractivity contribution >= 4 is 325 Å². The molecule has 5 heterocycles. The second-order valence-corrected chi connectivity index (χ2v) is 75.6. The molecule has 5 aliphatic heterocycles. The molecule has 16 nitrogen and oxygen atoms in total. The van der Waals surface area contributed by atoms with Crippen LogP contribution in [0, 0.1) is 10.1 Å². The van der Waals surface area contributed by atoms with Gasteiger partial charge in [-0.3, -0.25) is 29.3 Å². The van der Waals surface area contributed by atoms with Crippen LogP contribution in [0.1, 0.15) is 172 Å². The molecule has 4 N–H and O–H groups in total. The fourth-order valence-corrected chi connectivity index (χ4v) is 14.0. The first-order chi connectivity index (χ1) is 54.7. The van der Waals surface area contributed by atoms with Crippen molar-refractivity contribution in [3.8, 4) is 0 Å². The number of amides is 3. The maximum Gasteiger partial charge on any atom is 1.00 e. The number of hydrogen-bond acceptors (Lipinski definition) is 12. The van der Waals surface area contributed by atoms with Gasteiger partial charge in [-0.05, 0) is 182 Å². The molecule has 5 aliphatic rings. The van der Waals surface area contributed by atoms with E-state index in [1.807, 2.05) is 97.1 Å². The molecule has 0 spiro atoms. The summed E-state index contributed by atoms with van der Waals surface area (Å²) in [5, 5.41) is 25.1. The van der Waals surface area contributed by atoms with Crippen molar-refractivity contribution in [3.05, 3.63) is 246 Å². The number of aldehydes is 1. The van der Waals surface area contributed by atoms with Crippen LogP contribution in [0.5, 0.6) is 0 Å². The molecule has 0 saturated heterocycles. The molecule has 0 fully saturated rings. The molecule has 0 aliphatic carbocycles. The molecule has 2 unspecified atom stereocenters. The minimum atomic E-state index is -1.08. The van der Waals surface area contributed by atoms with Crippen LogP contribution in [0.3, 0.4) is 0 Å². The number of nitrogens with one attached hydrogen (secondary N) is 4. The number of carbonyl (C=O) groups is 4. The van der Waals surface area contributed by atoms with Crippen molar-refractivity contribution in [3.63, 3.8) is 0 Å². The quantitative estimate of drug-likeness (QED) is 0.00729. The molecule has 0 bridgehead atoms. The Morgan fingerprint density at radius 3 is 1.47 bits per heavy atom. The zero-order chi connectivity index (χ0) is 84.6. The van der Waals surface area contributed by atoms with Crippen LogP contribution < -0.4 is 50.8 Å². The Hall–Kier alpha value is 2.85. The molecule has 0 saturated carbocycles. The number of fused-ring (bicyclic) bond motifs is 5. The summed E-state index contributed by atoms with van der Waals surface area (Å²) in [6.07, 6.45) is 16.2. The van der Waals surface area contributed by atoms with Gasteiger partial charge in [0.15, 0.2) is 0 Å². The number of carbonyl (C=O) groups excluding carboxylic acids is 4. The average Bonchev–Trinajstić information content (AvgIpc) is 1.64. The molecule has 118 heavy (non-hydrogen) atoms. The third-order valence-corrected chi connectivity index (χ3v) is 19.0. The number of nitrogens with zero attached hydrogens (tertiary/aromatic N) is 2. The van der Waals surface area contributed by atoms with E-state index in [0.29, 0.717) is 22.3 Å². The van der Waals surface area contributed by atoms with E-state index in [1.54, 1.807) is 0 Å². The minimum Gasteiger partial charge on any atom is -0.376 e. The molecule has 655 valence electrons. The SMILES string of the molecule is BrBr.BrC1OCCc2ccccc21.C.C.C.CCCN(CCC)CCc1cccc2c1CC(=O)N2.CCCNCCC.Cl.II.O=C1Cc2c(CCBr)cccc2N1.O=C1Nc2cccc(CCBr)c2C1Cl.O=Cc1ccccc1CCBr.O=[N+]([O-])/C=C/c1ccccc1CCBr.O=[P+]=O.[H+].[H-].[I][V]([I])[I].[I][V][I].[Na+].c1ccc2c(c1)CCOC2. The Balaban J connectivity index is -0.000000195. The number of nitro groups is 1. The van der Waals surface area contributed by atoms with Gasteiger partial charge >= 0.3 is 163 Å². The molecule has 7 aromatic rings. The zero-order valence-corrected chi connectivity index (χ0v) is 97.9. The van der Waals surface area contributed by atoms with E-state index in [9.17, 15) is 29.3 Å². The Kier molecular flexibility index (Phi) is 97.9. The van der Waals surface area contributed by atoms with E-state index in [4.69, 9.17) is 30.2 Å². The number of hydrogen-bond donors (Lipinski definition) is 4. The van der Waals surface area contributed by atoms with E-state index < -0.39 is 18.6 Å². The van der Waals surface area contributed by atoms with Crippen LogP contribution in [-0.2, 0) is 112 Å². The van der Waals surface area contributed by atoms with Crippen molar-refractivity contribution in [2.45, 2.75) is 150 Å². The molecule has 7 aromatic carbocycles. The second kappa shape index (κ2) is 87.8. The number of benzene rings is 7. The van der Waals surface area contributed by atoms with Gasteiger partial charge in [0.2, 0.25) is 23.9 Å². The largest absolute Gasteiger partial charge is 1.00 e. The fraction of sp³-hybridized carbons (Fsp3) is 0.415. The summed E-state index contributed by atoms with van der Waals surface area (Å²) in [7, 11) is -0.456. The third kappa shape index (κ3) is 58.6. The fourth-order valence-electron chi connectivity index (χ4n) is 11.4. The van der Waals surface area contributed by atoms with Crippen molar-refractivity contribution in [1.82, 2.24) is 10.2 Å². The smallest absolute Gasteiger partial charge is 0.376 e. The van der Waals surface area contributed by atoms with Gasteiger partial charge in [-0.1, -0.05) is 263 Å². The zero-order valence-electron chi connectivity index (χ0n) is 66.4. The van der Waals surface area contributed by atoms with Gasteiger partial charge in [-0.15, -0.1) is 24.0 Å². The van der Waals surface area contributed by atoms with Crippen LogP contribution >= 0.6 is 277 Å². The van der Waals surface area contributed by atoms with Crippen molar-refractivity contribution < 1.29 is 89.5 Å². The standard InChI is InChI=1S/C16H24N2O.C10H9BrClNO.C10H10BrNO2.C10H10BrNO.2C9H9BrO.C9H10O.C6H15N.3CH4.Br2.ClH.I2.5HI.Na.O2P.2V.H/c1-3-9-18(10-4-2)11-8-13-6-5-7-15-14(13)12-16(19)17-15;11-5-4-6-2-1-3-7-8(6)9(12)10(14)13-7;11-7-5-9-3-1-2-4-10(9)6-8-12(13)14;11-5-4-7-2-1-3-9-8(7)6-10(13)12-9;10-9-8-4-2-1-3-7(8)5-6-11-9;10-6-5-8-3-1-2-4-9(8)7-11;1-2-4-9-7-10-6-5-8(9)3-1;1-3-5-7-6-4-2;;;;1-2;;1-2;;;;;;;1-3-2;;;/h5-7H,3-4,8-12H2,1-2H3,(H,17,19);1-3,9H,4-5H2,(H,13,14);1-4,6,8H,5,7H2;1-3H,4-6H2,(H,12,13);1-4,9H,5-6H2;1-4,7H,5-6H2;1-4H,5-7H2;7H,3-6H2,1-2H3;3*1H4;;1H;;5*1H;;;;;/q;;;;;;;;;;;;;;;;;;;2*+1;+2;+3;-1/p-4/b;;8-6+;;;;;;;;;;;;;;;;;;;;;. The number of aryl methyl sites for hydroxylation is 4. The van der Waals surface area contributed by atoms with E-state index in [-0.39, 0.29) is 94.8 Å². The van der Waals surface area contributed by atoms with Gasteiger partial charge in [0.05, 0.1) is 37.6 Å². The van der Waals surface area contributed by atoms with E-state index in [0.717, 1.165) is 156 Å². The first kappa shape index (κ1) is 132. The Labute approximate surface area is 889 Å². The predicted molar refractivity (Wildman–Crippen MR) is 581 cm³/mol. The average molecular weight is 3020 g/mol. The van der Waals surface area contributed by atoms with Crippen molar-refractivity contribution in [2.75, 3.05) is 83.2 Å². The van der Waals surface area contributed by atoms with Crippen molar-refractivity contribution in [2.24, 2.45) is 0 Å².